The van der Waals surface area contributed by atoms with Crippen LogP contribution in [0.25, 0.3) is 17.3 Å². The maximum atomic E-state index is 13.5. The summed E-state index contributed by atoms with van der Waals surface area (Å²) in [7, 11) is 0. The first-order chi connectivity index (χ1) is 21.7. The molecule has 3 aromatic heterocycles. The normalized spacial score (nSPS) is 13.9. The highest BCUT2D eigenvalue weighted by Crippen LogP contribution is 2.32. The van der Waals surface area contributed by atoms with E-state index in [9.17, 15) is 4.79 Å². The molecule has 220 valence electrons. The van der Waals surface area contributed by atoms with E-state index < -0.39 is 0 Å². The Morgan fingerprint density at radius 3 is 2.11 bits per heavy atom. The van der Waals surface area contributed by atoms with E-state index in [1.165, 1.54) is 34.2 Å². The van der Waals surface area contributed by atoms with Crippen molar-refractivity contribution in [2.45, 2.75) is 17.0 Å². The van der Waals surface area contributed by atoms with Crippen molar-refractivity contribution >= 4 is 29.0 Å². The zero-order chi connectivity index (χ0) is 29.7. The van der Waals surface area contributed by atoms with Crippen molar-refractivity contribution in [3.05, 3.63) is 137 Å². The average Bonchev–Trinajstić information content (AvgIpc) is 3.87. The van der Waals surface area contributed by atoms with E-state index in [2.05, 4.69) is 75.8 Å². The number of para-hydroxylation sites is 1. The smallest absolute Gasteiger partial charge is 0.273 e. The van der Waals surface area contributed by atoms with Crippen molar-refractivity contribution in [2.75, 3.05) is 26.2 Å². The topological polar surface area (TPSA) is 80.3 Å². The molecule has 1 amide bonds. The van der Waals surface area contributed by atoms with E-state index in [1.807, 2.05) is 57.3 Å². The van der Waals surface area contributed by atoms with E-state index in [0.29, 0.717) is 36.1 Å². The van der Waals surface area contributed by atoms with E-state index >= 15 is 0 Å². The third-order valence-corrected chi connectivity index (χ3v) is 9.65. The highest BCUT2D eigenvalue weighted by atomic mass is 32.2. The maximum absolute atomic E-state index is 13.5. The van der Waals surface area contributed by atoms with Crippen molar-refractivity contribution < 1.29 is 9.21 Å². The van der Waals surface area contributed by atoms with Crippen molar-refractivity contribution in [2.24, 2.45) is 0 Å². The predicted octanol–water partition coefficient (Wildman–Crippen LogP) is 6.82. The van der Waals surface area contributed by atoms with Gasteiger partial charge in [-0.25, -0.2) is 4.98 Å². The van der Waals surface area contributed by atoms with Crippen LogP contribution in [-0.4, -0.2) is 61.6 Å². The van der Waals surface area contributed by atoms with Gasteiger partial charge >= 0.3 is 0 Å². The van der Waals surface area contributed by atoms with Gasteiger partial charge < -0.3 is 9.32 Å². The third kappa shape index (κ3) is 5.96. The Labute approximate surface area is 264 Å². The third-order valence-electron chi connectivity index (χ3n) is 7.68. The van der Waals surface area contributed by atoms with Crippen LogP contribution in [0.4, 0.5) is 0 Å². The standard InChI is InChI=1S/C34H30N6O2S2/c41-33(39-20-18-38(19-21-39)31(25-11-4-1-5-12-25)26-13-6-2-7-14-26)28-23-43-30(35-28)24-44-34-37-36-32(29-17-10-22-42-29)40(34)27-15-8-3-9-16-27/h1-17,22-23,31H,18-21,24H2. The van der Waals surface area contributed by atoms with Crippen molar-refractivity contribution in [1.29, 1.82) is 0 Å². The van der Waals surface area contributed by atoms with Crippen molar-refractivity contribution in [3.8, 4) is 17.3 Å². The highest BCUT2D eigenvalue weighted by molar-refractivity contribution is 7.98. The number of aromatic nitrogens is 4. The van der Waals surface area contributed by atoms with Gasteiger partial charge in [-0.2, -0.15) is 0 Å². The second-order valence-corrected chi connectivity index (χ2v) is 12.3. The Bertz CT molecular complexity index is 1760. The zero-order valence-corrected chi connectivity index (χ0v) is 25.5. The second kappa shape index (κ2) is 13.0. The van der Waals surface area contributed by atoms with Crippen LogP contribution < -0.4 is 0 Å². The molecule has 0 aliphatic carbocycles. The summed E-state index contributed by atoms with van der Waals surface area (Å²) >= 11 is 3.04. The quantitative estimate of drug-likeness (QED) is 0.165. The Morgan fingerprint density at radius 1 is 0.818 bits per heavy atom. The Kier molecular flexibility index (Phi) is 8.36. The van der Waals surface area contributed by atoms with E-state index in [4.69, 9.17) is 9.40 Å². The SMILES string of the molecule is O=C(c1csc(CSc2nnc(-c3ccco3)n2-c2ccccc2)n1)N1CCN(C(c2ccccc2)c2ccccc2)CC1. The molecule has 8 nitrogen and oxygen atoms in total. The van der Waals surface area contributed by atoms with Crippen LogP contribution in [0.1, 0.15) is 32.7 Å². The van der Waals surface area contributed by atoms with Gasteiger partial charge in [0.15, 0.2) is 10.9 Å². The minimum absolute atomic E-state index is 0.0133. The zero-order valence-electron chi connectivity index (χ0n) is 23.9. The molecule has 3 aromatic carbocycles. The number of benzene rings is 3. The van der Waals surface area contributed by atoms with Crippen molar-refractivity contribution in [3.63, 3.8) is 0 Å². The van der Waals surface area contributed by atoms with Gasteiger partial charge in [0.1, 0.15) is 10.7 Å². The van der Waals surface area contributed by atoms with Crippen LogP contribution in [0.5, 0.6) is 0 Å². The van der Waals surface area contributed by atoms with Crippen LogP contribution in [-0.2, 0) is 5.75 Å². The number of thiazole rings is 1. The number of carbonyl (C=O) groups excluding carboxylic acids is 1. The van der Waals surface area contributed by atoms with Gasteiger partial charge in [0.25, 0.3) is 5.91 Å². The minimum atomic E-state index is -0.0133. The summed E-state index contributed by atoms with van der Waals surface area (Å²) in [6, 6.07) is 35.0. The summed E-state index contributed by atoms with van der Waals surface area (Å²) < 4.78 is 7.61. The lowest BCUT2D eigenvalue weighted by Gasteiger charge is -2.39. The number of furan rings is 1. The van der Waals surface area contributed by atoms with Crippen LogP contribution in [0.15, 0.2) is 124 Å². The van der Waals surface area contributed by atoms with Crippen LogP contribution in [0.2, 0.25) is 0 Å². The molecule has 1 saturated heterocycles. The molecular weight excluding hydrogens is 589 g/mol. The first-order valence-corrected chi connectivity index (χ1v) is 16.4. The summed E-state index contributed by atoms with van der Waals surface area (Å²) in [5.74, 6) is 1.85. The molecule has 0 unspecified atom stereocenters. The lowest BCUT2D eigenvalue weighted by molar-refractivity contribution is 0.0592. The Morgan fingerprint density at radius 2 is 1.48 bits per heavy atom. The number of hydrogen-bond acceptors (Lipinski definition) is 8. The number of nitrogens with zero attached hydrogens (tertiary/aromatic N) is 6. The maximum Gasteiger partial charge on any atom is 0.273 e. The molecule has 4 heterocycles. The molecule has 10 heteroatoms. The lowest BCUT2D eigenvalue weighted by Crippen LogP contribution is -2.50. The molecule has 7 rings (SSSR count). The molecule has 0 bridgehead atoms. The monoisotopic (exact) mass is 618 g/mol. The van der Waals surface area contributed by atoms with E-state index in [0.717, 1.165) is 28.9 Å². The van der Waals surface area contributed by atoms with Gasteiger partial charge in [0.05, 0.1) is 18.1 Å². The number of amides is 1. The first kappa shape index (κ1) is 28.3. The minimum Gasteiger partial charge on any atom is -0.461 e. The molecule has 44 heavy (non-hydrogen) atoms. The predicted molar refractivity (Wildman–Crippen MR) is 173 cm³/mol. The fourth-order valence-corrected chi connectivity index (χ4v) is 7.31. The average molecular weight is 619 g/mol. The van der Waals surface area contributed by atoms with E-state index in [1.54, 1.807) is 6.26 Å². The summed E-state index contributed by atoms with van der Waals surface area (Å²) in [6.45, 7) is 2.90. The van der Waals surface area contributed by atoms with Crippen LogP contribution >= 0.6 is 23.1 Å². The molecule has 1 aliphatic rings. The molecule has 1 fully saturated rings. The highest BCUT2D eigenvalue weighted by Gasteiger charge is 2.29. The Hall–Kier alpha value is -4.51. The summed E-state index contributed by atoms with van der Waals surface area (Å²) in [5, 5.41) is 12.3. The molecule has 6 aromatic rings. The van der Waals surface area contributed by atoms with Crippen LogP contribution in [0, 0.1) is 0 Å². The molecule has 0 N–H and O–H groups in total. The van der Waals surface area contributed by atoms with Gasteiger partial charge in [-0.05, 0) is 35.4 Å². The molecular formula is C34H30N6O2S2. The molecule has 0 spiro atoms. The van der Waals surface area contributed by atoms with Gasteiger partial charge in [-0.3, -0.25) is 14.3 Å². The van der Waals surface area contributed by atoms with Crippen molar-refractivity contribution in [1.82, 2.24) is 29.5 Å². The fraction of sp³-hybridized carbons (Fsp3) is 0.176. The van der Waals surface area contributed by atoms with Gasteiger partial charge in [-0.1, -0.05) is 90.6 Å². The molecule has 1 aliphatic heterocycles. The molecule has 0 radical (unpaired) electrons. The number of piperazine rings is 1. The second-order valence-electron chi connectivity index (χ2n) is 10.4. The summed E-state index contributed by atoms with van der Waals surface area (Å²) in [4.78, 5) is 22.6. The van der Waals surface area contributed by atoms with E-state index in [-0.39, 0.29) is 11.9 Å². The number of rotatable bonds is 9. The lowest BCUT2D eigenvalue weighted by atomic mass is 9.96. The largest absolute Gasteiger partial charge is 0.461 e. The number of thioether (sulfide) groups is 1. The summed E-state index contributed by atoms with van der Waals surface area (Å²) in [5.41, 5.74) is 3.98. The molecule has 0 atom stereocenters. The first-order valence-electron chi connectivity index (χ1n) is 14.5. The fourth-order valence-electron chi connectivity index (χ4n) is 5.57. The van der Waals surface area contributed by atoms with Gasteiger partial charge in [0, 0.05) is 37.2 Å². The summed E-state index contributed by atoms with van der Waals surface area (Å²) in [6.07, 6.45) is 1.63. The number of carbonyl (C=O) groups is 1. The molecule has 0 saturated carbocycles. The van der Waals surface area contributed by atoms with Crippen LogP contribution in [0.3, 0.4) is 0 Å². The van der Waals surface area contributed by atoms with Gasteiger partial charge in [-0.15, -0.1) is 21.5 Å². The number of hydrogen-bond donors (Lipinski definition) is 0. The van der Waals surface area contributed by atoms with Gasteiger partial charge in [0.2, 0.25) is 5.82 Å². The Balaban J connectivity index is 1.02.